The van der Waals surface area contributed by atoms with Crippen molar-refractivity contribution >= 4 is 36.4 Å². The van der Waals surface area contributed by atoms with Crippen molar-refractivity contribution in [2.45, 2.75) is 32.7 Å². The molecule has 0 aliphatic heterocycles. The highest BCUT2D eigenvalue weighted by molar-refractivity contribution is 5.85. The number of pyridine rings is 1. The molecule has 2 heterocycles. The number of imidazole rings is 1. The van der Waals surface area contributed by atoms with Gasteiger partial charge in [0.25, 0.3) is 0 Å². The lowest BCUT2D eigenvalue weighted by Crippen LogP contribution is -2.41. The van der Waals surface area contributed by atoms with E-state index in [9.17, 15) is 4.79 Å². The third-order valence-corrected chi connectivity index (χ3v) is 3.16. The summed E-state index contributed by atoms with van der Waals surface area (Å²) in [7, 11) is 0. The van der Waals surface area contributed by atoms with Crippen LogP contribution in [0.25, 0.3) is 5.65 Å². The molecule has 0 saturated carbocycles. The molecule has 1 unspecified atom stereocenters. The molecule has 0 bridgehead atoms. The molecule has 1 amide bonds. The van der Waals surface area contributed by atoms with E-state index in [1.807, 2.05) is 35.0 Å². The first kappa shape index (κ1) is 20.7. The third-order valence-electron chi connectivity index (χ3n) is 3.16. The van der Waals surface area contributed by atoms with Gasteiger partial charge in [-0.25, -0.2) is 4.98 Å². The number of nitrogens with one attached hydrogen (secondary N) is 1. The molecule has 0 aliphatic carbocycles. The van der Waals surface area contributed by atoms with Gasteiger partial charge in [-0.2, -0.15) is 0 Å². The van der Waals surface area contributed by atoms with Crippen molar-refractivity contribution < 1.29 is 4.79 Å². The van der Waals surface area contributed by atoms with Gasteiger partial charge in [0.2, 0.25) is 5.91 Å². The van der Waals surface area contributed by atoms with Crippen molar-refractivity contribution in [1.29, 1.82) is 0 Å². The van der Waals surface area contributed by atoms with Crippen LogP contribution in [0.15, 0.2) is 30.6 Å². The van der Waals surface area contributed by atoms with Gasteiger partial charge in [0.05, 0.1) is 12.1 Å². The highest BCUT2D eigenvalue weighted by atomic mass is 35.5. The van der Waals surface area contributed by atoms with Gasteiger partial charge >= 0.3 is 0 Å². The summed E-state index contributed by atoms with van der Waals surface area (Å²) in [6.45, 7) is 4.71. The molecule has 2 aromatic rings. The van der Waals surface area contributed by atoms with E-state index in [1.165, 1.54) is 0 Å². The Bertz CT molecular complexity index is 553. The fourth-order valence-corrected chi connectivity index (χ4v) is 2.30. The Kier molecular flexibility index (Phi) is 9.09. The van der Waals surface area contributed by atoms with E-state index >= 15 is 0 Å². The second-order valence-electron chi connectivity index (χ2n) is 5.50. The van der Waals surface area contributed by atoms with Gasteiger partial charge in [-0.3, -0.25) is 4.79 Å². The van der Waals surface area contributed by atoms with Crippen LogP contribution in [-0.2, 0) is 11.2 Å². The van der Waals surface area contributed by atoms with Gasteiger partial charge in [0.15, 0.2) is 0 Å². The molecule has 2 rings (SSSR count). The lowest BCUT2D eigenvalue weighted by Gasteiger charge is -2.18. The minimum absolute atomic E-state index is 0. The first-order chi connectivity index (χ1) is 9.58. The van der Waals surface area contributed by atoms with Crippen molar-refractivity contribution in [2.75, 3.05) is 6.54 Å². The molecule has 1 atom stereocenters. The van der Waals surface area contributed by atoms with Gasteiger partial charge in [-0.05, 0) is 24.5 Å². The number of rotatable bonds is 6. The van der Waals surface area contributed by atoms with E-state index in [0.717, 1.165) is 17.8 Å². The first-order valence-electron chi connectivity index (χ1n) is 7.00. The molecule has 22 heavy (non-hydrogen) atoms. The first-order valence-corrected chi connectivity index (χ1v) is 7.00. The topological polar surface area (TPSA) is 72.4 Å². The fourth-order valence-electron chi connectivity index (χ4n) is 2.30. The van der Waals surface area contributed by atoms with E-state index in [-0.39, 0.29) is 43.2 Å². The summed E-state index contributed by atoms with van der Waals surface area (Å²) in [6.07, 6.45) is 4.99. The van der Waals surface area contributed by atoms with Crippen molar-refractivity contribution in [1.82, 2.24) is 14.7 Å². The van der Waals surface area contributed by atoms with Gasteiger partial charge in [0, 0.05) is 25.0 Å². The standard InChI is InChI=1S/C15H22N4O.2ClH/c1-11(2)7-12(9-16)18-15(20)8-13-10-19-6-4-3-5-14(19)17-13;;/h3-6,10-12H,7-9,16H2,1-2H3,(H,18,20);2*1H. The lowest BCUT2D eigenvalue weighted by atomic mass is 10.0. The summed E-state index contributed by atoms with van der Waals surface area (Å²) >= 11 is 0. The monoisotopic (exact) mass is 346 g/mol. The van der Waals surface area contributed by atoms with Crippen LogP contribution in [0.3, 0.4) is 0 Å². The Balaban J connectivity index is 0.00000220. The largest absolute Gasteiger partial charge is 0.352 e. The molecule has 7 heteroatoms. The molecule has 0 saturated heterocycles. The molecule has 0 radical (unpaired) electrons. The second-order valence-corrected chi connectivity index (χ2v) is 5.50. The normalized spacial score (nSPS) is 11.6. The van der Waals surface area contributed by atoms with E-state index < -0.39 is 0 Å². The van der Waals surface area contributed by atoms with E-state index in [4.69, 9.17) is 5.73 Å². The number of fused-ring (bicyclic) bond motifs is 1. The Morgan fingerprint density at radius 3 is 2.68 bits per heavy atom. The average molecular weight is 347 g/mol. The maximum absolute atomic E-state index is 12.0. The third kappa shape index (κ3) is 5.83. The average Bonchev–Trinajstić information content (AvgIpc) is 2.79. The SMILES string of the molecule is CC(C)CC(CN)NC(=O)Cc1cn2ccccc2n1.Cl.Cl. The number of amides is 1. The van der Waals surface area contributed by atoms with Crippen LogP contribution in [0.4, 0.5) is 0 Å². The van der Waals surface area contributed by atoms with Crippen LogP contribution in [0.1, 0.15) is 26.0 Å². The summed E-state index contributed by atoms with van der Waals surface area (Å²) in [5.74, 6) is 0.489. The zero-order chi connectivity index (χ0) is 14.5. The number of carbonyl (C=O) groups is 1. The Morgan fingerprint density at radius 2 is 2.09 bits per heavy atom. The molecule has 0 fully saturated rings. The molecule has 5 nitrogen and oxygen atoms in total. The Labute approximate surface area is 143 Å². The number of nitrogens with zero attached hydrogens (tertiary/aromatic N) is 2. The van der Waals surface area contributed by atoms with Gasteiger partial charge in [-0.15, -0.1) is 24.8 Å². The summed E-state index contributed by atoms with van der Waals surface area (Å²) in [4.78, 5) is 16.4. The molecule has 0 aromatic carbocycles. The van der Waals surface area contributed by atoms with E-state index in [2.05, 4.69) is 24.1 Å². The number of halogens is 2. The van der Waals surface area contributed by atoms with Crippen LogP contribution in [0.5, 0.6) is 0 Å². The highest BCUT2D eigenvalue weighted by Gasteiger charge is 2.14. The second kappa shape index (κ2) is 9.66. The molecule has 124 valence electrons. The lowest BCUT2D eigenvalue weighted by molar-refractivity contribution is -0.121. The molecular formula is C15H24Cl2N4O. The van der Waals surface area contributed by atoms with Crippen molar-refractivity contribution in [3.05, 3.63) is 36.3 Å². The number of carbonyl (C=O) groups excluding carboxylic acids is 1. The number of hydrogen-bond acceptors (Lipinski definition) is 3. The minimum Gasteiger partial charge on any atom is -0.352 e. The number of aromatic nitrogens is 2. The van der Waals surface area contributed by atoms with Crippen LogP contribution >= 0.6 is 24.8 Å². The van der Waals surface area contributed by atoms with Gasteiger partial charge < -0.3 is 15.5 Å². The highest BCUT2D eigenvalue weighted by Crippen LogP contribution is 2.07. The number of nitrogens with two attached hydrogens (primary N) is 1. The molecule has 2 aromatic heterocycles. The Morgan fingerprint density at radius 1 is 1.36 bits per heavy atom. The molecule has 3 N–H and O–H groups in total. The van der Waals surface area contributed by atoms with Crippen molar-refractivity contribution in [3.8, 4) is 0 Å². The smallest absolute Gasteiger partial charge is 0.226 e. The van der Waals surface area contributed by atoms with Crippen LogP contribution in [0, 0.1) is 5.92 Å². The molecule has 0 spiro atoms. The van der Waals surface area contributed by atoms with Crippen molar-refractivity contribution in [2.24, 2.45) is 11.7 Å². The van der Waals surface area contributed by atoms with E-state index in [0.29, 0.717) is 12.5 Å². The summed E-state index contributed by atoms with van der Waals surface area (Å²) < 4.78 is 1.91. The van der Waals surface area contributed by atoms with E-state index in [1.54, 1.807) is 0 Å². The predicted molar refractivity (Wildman–Crippen MR) is 93.8 cm³/mol. The summed E-state index contributed by atoms with van der Waals surface area (Å²) in [5.41, 5.74) is 7.32. The van der Waals surface area contributed by atoms with Crippen LogP contribution < -0.4 is 11.1 Å². The molecular weight excluding hydrogens is 323 g/mol. The zero-order valence-electron chi connectivity index (χ0n) is 12.9. The summed E-state index contributed by atoms with van der Waals surface area (Å²) in [5, 5.41) is 2.98. The molecule has 0 aliphatic rings. The zero-order valence-corrected chi connectivity index (χ0v) is 14.5. The maximum atomic E-state index is 12.0. The Hall–Kier alpha value is -1.30. The quantitative estimate of drug-likeness (QED) is 0.842. The van der Waals surface area contributed by atoms with Gasteiger partial charge in [-0.1, -0.05) is 19.9 Å². The van der Waals surface area contributed by atoms with Crippen LogP contribution in [-0.4, -0.2) is 27.9 Å². The van der Waals surface area contributed by atoms with Crippen molar-refractivity contribution in [3.63, 3.8) is 0 Å². The van der Waals surface area contributed by atoms with Crippen LogP contribution in [0.2, 0.25) is 0 Å². The van der Waals surface area contributed by atoms with Gasteiger partial charge in [0.1, 0.15) is 5.65 Å². The predicted octanol–water partition coefficient (Wildman–Crippen LogP) is 2.21. The number of hydrogen-bond donors (Lipinski definition) is 2. The maximum Gasteiger partial charge on any atom is 0.226 e. The summed E-state index contributed by atoms with van der Waals surface area (Å²) in [6, 6.07) is 5.83. The fraction of sp³-hybridized carbons (Fsp3) is 0.467. The minimum atomic E-state index is -0.0236.